The van der Waals surface area contributed by atoms with Gasteiger partial charge in [0, 0.05) is 36.6 Å². The van der Waals surface area contributed by atoms with Crippen LogP contribution in [0.4, 0.5) is 14.5 Å². The van der Waals surface area contributed by atoms with Crippen molar-refractivity contribution >= 4 is 28.5 Å². The second kappa shape index (κ2) is 10.1. The van der Waals surface area contributed by atoms with Crippen LogP contribution in [0.3, 0.4) is 0 Å². The van der Waals surface area contributed by atoms with Gasteiger partial charge >= 0.3 is 0 Å². The lowest BCUT2D eigenvalue weighted by molar-refractivity contribution is 0.101. The number of fused-ring (bicyclic) bond motifs is 1. The predicted molar refractivity (Wildman–Crippen MR) is 126 cm³/mol. The van der Waals surface area contributed by atoms with E-state index in [0.717, 1.165) is 30.9 Å². The van der Waals surface area contributed by atoms with Crippen molar-refractivity contribution in [3.63, 3.8) is 0 Å². The van der Waals surface area contributed by atoms with Gasteiger partial charge < -0.3 is 9.88 Å². The molecule has 0 bridgehead atoms. The van der Waals surface area contributed by atoms with Crippen LogP contribution in [0.15, 0.2) is 53.6 Å². The highest BCUT2D eigenvalue weighted by Crippen LogP contribution is 2.26. The molecule has 0 radical (unpaired) electrons. The topological polar surface area (TPSA) is 107 Å². The number of aryl methyl sites for hydroxylation is 2. The molecule has 1 amide bonds. The van der Waals surface area contributed by atoms with Crippen molar-refractivity contribution in [2.75, 3.05) is 5.32 Å². The number of nitrogens with zero attached hydrogens (tertiary/aromatic N) is 3. The molecular formula is C24H22F2N6OS. The zero-order valence-electron chi connectivity index (χ0n) is 18.3. The fourth-order valence-corrected chi connectivity index (χ4v) is 5.11. The summed E-state index contributed by atoms with van der Waals surface area (Å²) in [4.78, 5) is 17.2. The molecule has 0 aliphatic carbocycles. The standard InChI is InChI=1S/C24H22F2N6OS/c1-32-14-21-20(23(32)24(33)30-18-11-19(13-27)29-22(26)12-18)10-9-17(31-34(21)28)4-2-3-15-5-7-16(25)8-6-15/h5-12,14,17H,2-4H2,1H3,(H2,28,31)(H,29,30,33). The summed E-state index contributed by atoms with van der Waals surface area (Å²) in [7, 11) is 0.660. The average Bonchev–Trinajstić information content (AvgIpc) is 3.06. The van der Waals surface area contributed by atoms with Crippen LogP contribution >= 0.6 is 0 Å². The summed E-state index contributed by atoms with van der Waals surface area (Å²) in [6.45, 7) is 0. The van der Waals surface area contributed by atoms with Crippen molar-refractivity contribution in [2.24, 2.45) is 7.05 Å². The minimum absolute atomic E-state index is 0.0534. The summed E-state index contributed by atoms with van der Waals surface area (Å²) in [5.74, 6) is -1.59. The van der Waals surface area contributed by atoms with Gasteiger partial charge in [0.15, 0.2) is 0 Å². The number of hydrogen-bond acceptors (Lipinski definition) is 4. The lowest BCUT2D eigenvalue weighted by atomic mass is 10.0. The number of nitrogens with one attached hydrogen (secondary N) is 3. The second-order valence-corrected chi connectivity index (χ2v) is 9.19. The van der Waals surface area contributed by atoms with E-state index >= 15 is 0 Å². The van der Waals surface area contributed by atoms with E-state index in [1.807, 2.05) is 12.2 Å². The van der Waals surface area contributed by atoms with Crippen LogP contribution in [0.25, 0.3) is 6.08 Å². The number of carbonyl (C=O) groups is 1. The molecule has 1 aliphatic heterocycles. The van der Waals surface area contributed by atoms with Gasteiger partial charge in [-0.15, -0.1) is 0 Å². The van der Waals surface area contributed by atoms with Gasteiger partial charge in [0.05, 0.1) is 4.90 Å². The lowest BCUT2D eigenvalue weighted by Gasteiger charge is -2.14. The van der Waals surface area contributed by atoms with E-state index < -0.39 is 22.7 Å². The first kappa shape index (κ1) is 23.5. The summed E-state index contributed by atoms with van der Waals surface area (Å²) in [5.41, 5.74) is 2.01. The summed E-state index contributed by atoms with van der Waals surface area (Å²) < 4.78 is 40.3. The molecule has 3 aromatic rings. The maximum atomic E-state index is 13.7. The Morgan fingerprint density at radius 3 is 2.82 bits per heavy atom. The molecule has 0 fully saturated rings. The number of anilines is 1. The van der Waals surface area contributed by atoms with E-state index in [9.17, 15) is 13.6 Å². The van der Waals surface area contributed by atoms with E-state index in [4.69, 9.17) is 10.0 Å². The number of amides is 1. The maximum Gasteiger partial charge on any atom is 0.272 e. The molecule has 0 saturated heterocycles. The number of rotatable bonds is 6. The van der Waals surface area contributed by atoms with E-state index in [1.165, 1.54) is 18.2 Å². The normalized spacial score (nSPS) is 17.0. The van der Waals surface area contributed by atoms with Crippen molar-refractivity contribution in [2.45, 2.75) is 30.2 Å². The van der Waals surface area contributed by atoms with Gasteiger partial charge in [0.1, 0.15) is 23.3 Å². The van der Waals surface area contributed by atoms with Crippen LogP contribution in [0.5, 0.6) is 0 Å². The Balaban J connectivity index is 1.49. The first-order valence-corrected chi connectivity index (χ1v) is 11.8. The van der Waals surface area contributed by atoms with Crippen molar-refractivity contribution in [1.82, 2.24) is 14.3 Å². The van der Waals surface area contributed by atoms with Gasteiger partial charge in [-0.1, -0.05) is 24.3 Å². The van der Waals surface area contributed by atoms with Crippen LogP contribution in [0.1, 0.15) is 40.2 Å². The smallest absolute Gasteiger partial charge is 0.272 e. The van der Waals surface area contributed by atoms with Crippen molar-refractivity contribution in [3.05, 3.63) is 83.0 Å². The molecule has 4 rings (SSSR count). The monoisotopic (exact) mass is 480 g/mol. The minimum atomic E-state index is -1.05. The summed E-state index contributed by atoms with van der Waals surface area (Å²) in [5, 5.41) is 11.6. The first-order chi connectivity index (χ1) is 16.3. The molecule has 2 atom stereocenters. The van der Waals surface area contributed by atoms with Crippen molar-refractivity contribution in [1.29, 1.82) is 10.0 Å². The molecule has 3 heterocycles. The Bertz CT molecular complexity index is 1330. The Hall–Kier alpha value is -3.68. The third kappa shape index (κ3) is 5.27. The molecule has 0 spiro atoms. The van der Waals surface area contributed by atoms with Crippen LogP contribution in [0, 0.1) is 27.9 Å². The molecular weight excluding hydrogens is 458 g/mol. The number of nitriles is 1. The van der Waals surface area contributed by atoms with E-state index in [0.29, 0.717) is 16.2 Å². The van der Waals surface area contributed by atoms with Gasteiger partial charge in [-0.25, -0.2) is 14.1 Å². The molecule has 174 valence electrons. The summed E-state index contributed by atoms with van der Waals surface area (Å²) in [6, 6.07) is 10.5. The number of halogens is 2. The molecule has 2 aromatic heterocycles. The molecule has 3 N–H and O–H groups in total. The highest BCUT2D eigenvalue weighted by Gasteiger charge is 2.24. The third-order valence-corrected chi connectivity index (χ3v) is 6.75. The number of aromatic nitrogens is 2. The second-order valence-electron chi connectivity index (χ2n) is 7.90. The van der Waals surface area contributed by atoms with Gasteiger partial charge in [-0.05, 0) is 53.9 Å². The minimum Gasteiger partial charge on any atom is -0.345 e. The SMILES string of the molecule is Cn1cc2c(c1C(=O)Nc1cc(F)nc(C#N)c1)C=CC(CCCc1ccc(F)cc1)NS2=N. The van der Waals surface area contributed by atoms with Crippen LogP contribution in [-0.4, -0.2) is 21.5 Å². The molecule has 0 saturated carbocycles. The highest BCUT2D eigenvalue weighted by molar-refractivity contribution is 7.84. The van der Waals surface area contributed by atoms with E-state index in [1.54, 1.807) is 36.0 Å². The zero-order chi connectivity index (χ0) is 24.2. The summed E-state index contributed by atoms with van der Waals surface area (Å²) >= 11 is 0. The number of hydrogen-bond donors (Lipinski definition) is 3. The number of benzene rings is 1. The molecule has 34 heavy (non-hydrogen) atoms. The zero-order valence-corrected chi connectivity index (χ0v) is 19.1. The highest BCUT2D eigenvalue weighted by atomic mass is 32.2. The van der Waals surface area contributed by atoms with Gasteiger partial charge in [0.2, 0.25) is 5.95 Å². The van der Waals surface area contributed by atoms with Gasteiger partial charge in [-0.3, -0.25) is 9.57 Å². The Morgan fingerprint density at radius 1 is 1.32 bits per heavy atom. The van der Waals surface area contributed by atoms with Gasteiger partial charge in [0.25, 0.3) is 5.91 Å². The number of carbonyl (C=O) groups excluding carboxylic acids is 1. The van der Waals surface area contributed by atoms with Crippen molar-refractivity contribution < 1.29 is 13.6 Å². The predicted octanol–water partition coefficient (Wildman–Crippen LogP) is 4.48. The molecule has 1 aliphatic rings. The average molecular weight is 481 g/mol. The fourth-order valence-electron chi connectivity index (χ4n) is 3.84. The fraction of sp³-hybridized carbons (Fsp3) is 0.208. The third-order valence-electron chi connectivity index (χ3n) is 5.44. The Kier molecular flexibility index (Phi) is 6.95. The van der Waals surface area contributed by atoms with Crippen molar-refractivity contribution in [3.8, 4) is 6.07 Å². The quantitative estimate of drug-likeness (QED) is 0.452. The van der Waals surface area contributed by atoms with Crippen LogP contribution in [0.2, 0.25) is 0 Å². The van der Waals surface area contributed by atoms with E-state index in [2.05, 4.69) is 15.0 Å². The first-order valence-electron chi connectivity index (χ1n) is 10.6. The van der Waals surface area contributed by atoms with Gasteiger partial charge in [-0.2, -0.15) is 9.65 Å². The molecule has 2 unspecified atom stereocenters. The lowest BCUT2D eigenvalue weighted by Crippen LogP contribution is -2.27. The molecule has 1 aromatic carbocycles. The molecule has 7 nitrogen and oxygen atoms in total. The summed E-state index contributed by atoms with van der Waals surface area (Å²) in [6.07, 6.45) is 7.96. The maximum absolute atomic E-state index is 13.7. The molecule has 10 heteroatoms. The van der Waals surface area contributed by atoms with Crippen LogP contribution < -0.4 is 10.0 Å². The largest absolute Gasteiger partial charge is 0.345 e. The Labute approximate surface area is 198 Å². The Morgan fingerprint density at radius 2 is 2.09 bits per heavy atom. The van der Waals surface area contributed by atoms with Crippen LogP contribution in [-0.2, 0) is 24.3 Å². The number of pyridine rings is 1. The van der Waals surface area contributed by atoms with E-state index in [-0.39, 0.29) is 23.2 Å².